The molecular weight excluding hydrogens is 482 g/mol. The van der Waals surface area contributed by atoms with Crippen LogP contribution >= 0.6 is 34.4 Å². The topological polar surface area (TPSA) is 129 Å². The Morgan fingerprint density at radius 1 is 1.18 bits per heavy atom. The maximum Gasteiger partial charge on any atom is 0.341 e. The van der Waals surface area contributed by atoms with Crippen LogP contribution in [0.2, 0.25) is 0 Å². The van der Waals surface area contributed by atoms with Gasteiger partial charge in [-0.25, -0.2) is 4.79 Å². The highest BCUT2D eigenvalue weighted by molar-refractivity contribution is 7.99. The number of esters is 1. The number of rotatable bonds is 9. The lowest BCUT2D eigenvalue weighted by Gasteiger charge is -2.08. The van der Waals surface area contributed by atoms with Gasteiger partial charge in [0, 0.05) is 22.4 Å². The normalized spacial score (nSPS) is 10.9. The monoisotopic (exact) mass is 507 g/mol. The van der Waals surface area contributed by atoms with Crippen LogP contribution in [0, 0.1) is 20.8 Å². The van der Waals surface area contributed by atoms with Crippen molar-refractivity contribution in [1.29, 1.82) is 0 Å². The minimum atomic E-state index is -0.666. The average molecular weight is 508 g/mol. The molecule has 0 saturated carbocycles. The first-order chi connectivity index (χ1) is 15.7. The molecule has 0 saturated heterocycles. The SMILES string of the molecule is CCOC(=O)c1c(NC(=O)CSc2nnc(-c3csc(C)c3C)n2CC)sc(C(N)=O)c1C. The summed E-state index contributed by atoms with van der Waals surface area (Å²) in [6, 6.07) is 0. The number of aryl methyl sites for hydroxylation is 1. The number of ether oxygens (including phenoxy) is 1. The molecule has 0 aliphatic heterocycles. The van der Waals surface area contributed by atoms with Crippen molar-refractivity contribution in [1.82, 2.24) is 14.8 Å². The van der Waals surface area contributed by atoms with Gasteiger partial charge < -0.3 is 20.4 Å². The van der Waals surface area contributed by atoms with Gasteiger partial charge in [-0.05, 0) is 45.7 Å². The number of carbonyl (C=O) groups excluding carboxylic acids is 3. The zero-order valence-electron chi connectivity index (χ0n) is 19.0. The predicted molar refractivity (Wildman–Crippen MR) is 131 cm³/mol. The Bertz CT molecular complexity index is 1210. The smallest absolute Gasteiger partial charge is 0.341 e. The summed E-state index contributed by atoms with van der Waals surface area (Å²) in [6.45, 7) is 10.2. The maximum atomic E-state index is 12.7. The Morgan fingerprint density at radius 3 is 2.48 bits per heavy atom. The summed E-state index contributed by atoms with van der Waals surface area (Å²) in [5.41, 5.74) is 8.16. The number of primary amides is 1. The van der Waals surface area contributed by atoms with Gasteiger partial charge in [0.15, 0.2) is 11.0 Å². The predicted octanol–water partition coefficient (Wildman–Crippen LogP) is 4.02. The minimum absolute atomic E-state index is 0.0465. The Morgan fingerprint density at radius 2 is 1.91 bits per heavy atom. The molecule has 3 N–H and O–H groups in total. The van der Waals surface area contributed by atoms with Crippen molar-refractivity contribution >= 4 is 57.2 Å². The number of hydrogen-bond donors (Lipinski definition) is 2. The second-order valence-corrected chi connectivity index (χ2v) is 10.1. The van der Waals surface area contributed by atoms with E-state index in [1.807, 2.05) is 11.5 Å². The fraction of sp³-hybridized carbons (Fsp3) is 0.381. The van der Waals surface area contributed by atoms with Crippen molar-refractivity contribution < 1.29 is 19.1 Å². The van der Waals surface area contributed by atoms with E-state index in [4.69, 9.17) is 10.5 Å². The van der Waals surface area contributed by atoms with E-state index in [0.29, 0.717) is 17.3 Å². The number of thioether (sulfide) groups is 1. The molecule has 9 nitrogen and oxygen atoms in total. The number of nitrogens with one attached hydrogen (secondary N) is 1. The molecule has 0 spiro atoms. The van der Waals surface area contributed by atoms with Crippen LogP contribution in [-0.4, -0.2) is 44.9 Å². The summed E-state index contributed by atoms with van der Waals surface area (Å²) < 4.78 is 7.05. The van der Waals surface area contributed by atoms with Gasteiger partial charge >= 0.3 is 5.97 Å². The third-order valence-electron chi connectivity index (χ3n) is 5.00. The van der Waals surface area contributed by atoms with E-state index in [9.17, 15) is 14.4 Å². The van der Waals surface area contributed by atoms with Crippen LogP contribution in [0.3, 0.4) is 0 Å². The molecule has 0 bridgehead atoms. The van der Waals surface area contributed by atoms with Crippen LogP contribution in [-0.2, 0) is 16.1 Å². The van der Waals surface area contributed by atoms with Gasteiger partial charge in [-0.1, -0.05) is 11.8 Å². The summed E-state index contributed by atoms with van der Waals surface area (Å²) in [5, 5.41) is 14.3. The third-order valence-corrected chi connectivity index (χ3v) is 8.20. The highest BCUT2D eigenvalue weighted by Gasteiger charge is 2.26. The van der Waals surface area contributed by atoms with Gasteiger partial charge in [0.25, 0.3) is 5.91 Å². The van der Waals surface area contributed by atoms with Crippen LogP contribution in [0.25, 0.3) is 11.4 Å². The summed E-state index contributed by atoms with van der Waals surface area (Å²) in [7, 11) is 0. The fourth-order valence-corrected chi connectivity index (χ4v) is 5.92. The van der Waals surface area contributed by atoms with E-state index in [-0.39, 0.29) is 33.7 Å². The van der Waals surface area contributed by atoms with Gasteiger partial charge in [-0.3, -0.25) is 9.59 Å². The van der Waals surface area contributed by atoms with Crippen LogP contribution < -0.4 is 11.1 Å². The summed E-state index contributed by atoms with van der Waals surface area (Å²) in [6.07, 6.45) is 0. The van der Waals surface area contributed by atoms with Crippen molar-refractivity contribution in [2.24, 2.45) is 5.73 Å². The van der Waals surface area contributed by atoms with Gasteiger partial charge in [-0.2, -0.15) is 0 Å². The van der Waals surface area contributed by atoms with Gasteiger partial charge in [0.1, 0.15) is 5.00 Å². The lowest BCUT2D eigenvalue weighted by Crippen LogP contribution is -2.17. The summed E-state index contributed by atoms with van der Waals surface area (Å²) >= 11 is 3.87. The van der Waals surface area contributed by atoms with Crippen LogP contribution in [0.5, 0.6) is 0 Å². The molecular formula is C21H25N5O4S3. The Kier molecular flexibility index (Phi) is 7.92. The number of thiophene rings is 2. The molecule has 0 aliphatic rings. The number of hydrogen-bond acceptors (Lipinski definition) is 9. The molecule has 0 aliphatic carbocycles. The van der Waals surface area contributed by atoms with Gasteiger partial charge in [0.05, 0.1) is 22.8 Å². The fourth-order valence-electron chi connectivity index (χ4n) is 3.19. The van der Waals surface area contributed by atoms with E-state index in [2.05, 4.69) is 34.7 Å². The Balaban J connectivity index is 1.78. The van der Waals surface area contributed by atoms with Crippen molar-refractivity contribution in [2.45, 2.75) is 46.3 Å². The van der Waals surface area contributed by atoms with Crippen molar-refractivity contribution in [3.05, 3.63) is 31.8 Å². The van der Waals surface area contributed by atoms with E-state index in [1.165, 1.54) is 22.2 Å². The average Bonchev–Trinajstić information content (AvgIpc) is 3.42. The molecule has 3 heterocycles. The first kappa shape index (κ1) is 24.9. The summed E-state index contributed by atoms with van der Waals surface area (Å²) in [4.78, 5) is 38.2. The minimum Gasteiger partial charge on any atom is -0.462 e. The lowest BCUT2D eigenvalue weighted by atomic mass is 10.1. The number of nitrogens with zero attached hydrogens (tertiary/aromatic N) is 3. The molecule has 0 atom stereocenters. The van der Waals surface area contributed by atoms with Crippen LogP contribution in [0.1, 0.15) is 49.9 Å². The molecule has 2 amide bonds. The quantitative estimate of drug-likeness (QED) is 0.330. The van der Waals surface area contributed by atoms with E-state index < -0.39 is 11.9 Å². The van der Waals surface area contributed by atoms with Gasteiger partial charge in [0.2, 0.25) is 5.91 Å². The Labute approximate surface area is 203 Å². The molecule has 0 aromatic carbocycles. The molecule has 0 unspecified atom stereocenters. The number of aromatic nitrogens is 3. The first-order valence-corrected chi connectivity index (χ1v) is 12.9. The number of anilines is 1. The molecule has 3 aromatic rings. The second kappa shape index (κ2) is 10.5. The first-order valence-electron chi connectivity index (χ1n) is 10.2. The molecule has 3 aromatic heterocycles. The van der Waals surface area contributed by atoms with E-state index >= 15 is 0 Å². The second-order valence-electron chi connectivity index (χ2n) is 7.06. The van der Waals surface area contributed by atoms with E-state index in [1.54, 1.807) is 25.2 Å². The molecule has 12 heteroatoms. The van der Waals surface area contributed by atoms with Crippen molar-refractivity contribution in [3.63, 3.8) is 0 Å². The third kappa shape index (κ3) is 5.12. The Hall–Kier alpha value is -2.70. The molecule has 176 valence electrons. The highest BCUT2D eigenvalue weighted by atomic mass is 32.2. The number of carbonyl (C=O) groups is 3. The molecule has 0 fully saturated rings. The van der Waals surface area contributed by atoms with Crippen LogP contribution in [0.15, 0.2) is 10.5 Å². The standard InChI is InChI=1S/C21H25N5O4S3/c1-6-26-18(13-8-31-12(5)10(13)3)24-25-21(26)32-9-14(27)23-19-15(20(29)30-7-2)11(4)16(33-19)17(22)28/h8H,6-7,9H2,1-5H3,(H2,22,28)(H,23,27). The highest BCUT2D eigenvalue weighted by Crippen LogP contribution is 2.34. The van der Waals surface area contributed by atoms with Crippen molar-refractivity contribution in [2.75, 3.05) is 17.7 Å². The number of nitrogens with two attached hydrogens (primary N) is 1. The molecule has 0 radical (unpaired) electrons. The maximum absolute atomic E-state index is 12.7. The van der Waals surface area contributed by atoms with Crippen LogP contribution in [0.4, 0.5) is 5.00 Å². The van der Waals surface area contributed by atoms with E-state index in [0.717, 1.165) is 22.7 Å². The lowest BCUT2D eigenvalue weighted by molar-refractivity contribution is -0.113. The summed E-state index contributed by atoms with van der Waals surface area (Å²) in [5.74, 6) is -0.811. The molecule has 3 rings (SSSR count). The van der Waals surface area contributed by atoms with Crippen molar-refractivity contribution in [3.8, 4) is 11.4 Å². The molecule has 33 heavy (non-hydrogen) atoms. The largest absolute Gasteiger partial charge is 0.462 e. The number of amides is 2. The zero-order chi connectivity index (χ0) is 24.3. The van der Waals surface area contributed by atoms with Gasteiger partial charge in [-0.15, -0.1) is 32.9 Å². The zero-order valence-corrected chi connectivity index (χ0v) is 21.4.